The van der Waals surface area contributed by atoms with Gasteiger partial charge in [-0.25, -0.2) is 0 Å². The van der Waals surface area contributed by atoms with E-state index in [1.54, 1.807) is 0 Å². The molecule has 5 nitrogen and oxygen atoms in total. The van der Waals surface area contributed by atoms with Gasteiger partial charge in [0.05, 0.1) is 6.61 Å². The van der Waals surface area contributed by atoms with E-state index in [4.69, 9.17) is 4.74 Å². The lowest BCUT2D eigenvalue weighted by Crippen LogP contribution is -2.44. The Morgan fingerprint density at radius 2 is 1.88 bits per heavy atom. The van der Waals surface area contributed by atoms with Gasteiger partial charge in [-0.2, -0.15) is 0 Å². The molecule has 6 heteroatoms. The molecule has 138 valence electrons. The van der Waals surface area contributed by atoms with E-state index in [0.29, 0.717) is 32.5 Å². The molecule has 0 bridgehead atoms. The van der Waals surface area contributed by atoms with Crippen LogP contribution in [0.15, 0.2) is 28.7 Å². The van der Waals surface area contributed by atoms with Crippen LogP contribution >= 0.6 is 15.9 Å². The van der Waals surface area contributed by atoms with E-state index in [1.165, 1.54) is 0 Å². The number of nitrogens with zero attached hydrogens (tertiary/aromatic N) is 1. The van der Waals surface area contributed by atoms with Crippen LogP contribution in [0.3, 0.4) is 0 Å². The van der Waals surface area contributed by atoms with Crippen LogP contribution < -0.4 is 10.1 Å². The Bertz CT molecular complexity index is 567. The molecular weight excluding hydrogens is 384 g/mol. The third-order valence-electron chi connectivity index (χ3n) is 4.27. The Morgan fingerprint density at radius 1 is 1.24 bits per heavy atom. The van der Waals surface area contributed by atoms with Crippen molar-refractivity contribution < 1.29 is 14.3 Å². The zero-order valence-electron chi connectivity index (χ0n) is 15.0. The van der Waals surface area contributed by atoms with Gasteiger partial charge in [0, 0.05) is 35.9 Å². The highest BCUT2D eigenvalue weighted by molar-refractivity contribution is 9.10. The Kier molecular flexibility index (Phi) is 7.75. The number of carbonyl (C=O) groups excluding carboxylic acids is 2. The normalized spacial score (nSPS) is 15.3. The summed E-state index contributed by atoms with van der Waals surface area (Å²) in [6.07, 6.45) is 2.68. The van der Waals surface area contributed by atoms with Crippen LogP contribution in [0.25, 0.3) is 0 Å². The third-order valence-corrected chi connectivity index (χ3v) is 4.80. The second-order valence-corrected chi connectivity index (χ2v) is 7.64. The highest BCUT2D eigenvalue weighted by Crippen LogP contribution is 2.19. The first-order valence-electron chi connectivity index (χ1n) is 8.92. The largest absolute Gasteiger partial charge is 0.494 e. The fraction of sp³-hybridized carbons (Fsp3) is 0.579. The molecule has 1 N–H and O–H groups in total. The summed E-state index contributed by atoms with van der Waals surface area (Å²) in [6.45, 7) is 5.80. The van der Waals surface area contributed by atoms with Crippen LogP contribution in [0, 0.1) is 5.92 Å². The topological polar surface area (TPSA) is 58.6 Å². The minimum absolute atomic E-state index is 0.0344. The van der Waals surface area contributed by atoms with E-state index in [0.717, 1.165) is 23.1 Å². The molecular formula is C19H27BrN2O3. The number of carbonyl (C=O) groups is 2. The van der Waals surface area contributed by atoms with E-state index in [1.807, 2.05) is 43.0 Å². The number of ether oxygens (including phenoxy) is 1. The summed E-state index contributed by atoms with van der Waals surface area (Å²) in [7, 11) is 0. The van der Waals surface area contributed by atoms with E-state index >= 15 is 0 Å². The minimum atomic E-state index is 0.0344. The number of amides is 2. The van der Waals surface area contributed by atoms with Crippen molar-refractivity contribution in [1.29, 1.82) is 0 Å². The van der Waals surface area contributed by atoms with Crippen LogP contribution in [0.2, 0.25) is 0 Å². The smallest absolute Gasteiger partial charge is 0.223 e. The molecule has 0 aliphatic carbocycles. The molecule has 0 radical (unpaired) electrons. The SMILES string of the molecule is CC(C)NC(=O)C1CCN(C(=O)CCCOc2ccc(Br)cc2)CC1. The van der Waals surface area contributed by atoms with Crippen LogP contribution in [-0.4, -0.2) is 42.5 Å². The van der Waals surface area contributed by atoms with Crippen molar-refractivity contribution in [2.75, 3.05) is 19.7 Å². The van der Waals surface area contributed by atoms with E-state index in [2.05, 4.69) is 21.2 Å². The van der Waals surface area contributed by atoms with Gasteiger partial charge in [0.2, 0.25) is 11.8 Å². The number of halogens is 1. The highest BCUT2D eigenvalue weighted by atomic mass is 79.9. The Morgan fingerprint density at radius 3 is 2.48 bits per heavy atom. The number of rotatable bonds is 7. The van der Waals surface area contributed by atoms with Crippen molar-refractivity contribution in [1.82, 2.24) is 10.2 Å². The van der Waals surface area contributed by atoms with E-state index in [-0.39, 0.29) is 23.8 Å². The molecule has 2 rings (SSSR count). The maximum Gasteiger partial charge on any atom is 0.223 e. The van der Waals surface area contributed by atoms with Gasteiger partial charge in [-0.15, -0.1) is 0 Å². The summed E-state index contributed by atoms with van der Waals surface area (Å²) in [5, 5.41) is 2.96. The molecule has 25 heavy (non-hydrogen) atoms. The van der Waals surface area contributed by atoms with E-state index in [9.17, 15) is 9.59 Å². The van der Waals surface area contributed by atoms with Crippen LogP contribution in [0.1, 0.15) is 39.5 Å². The van der Waals surface area contributed by atoms with Crippen molar-refractivity contribution >= 4 is 27.7 Å². The first kappa shape index (κ1) is 19.8. The number of likely N-dealkylation sites (tertiary alicyclic amines) is 1. The molecule has 1 aromatic carbocycles. The lowest BCUT2D eigenvalue weighted by atomic mass is 9.95. The van der Waals surface area contributed by atoms with Crippen molar-refractivity contribution in [3.05, 3.63) is 28.7 Å². The number of hydrogen-bond donors (Lipinski definition) is 1. The van der Waals surface area contributed by atoms with Gasteiger partial charge in [-0.05, 0) is 57.4 Å². The second kappa shape index (κ2) is 9.80. The average molecular weight is 411 g/mol. The summed E-state index contributed by atoms with van der Waals surface area (Å²) in [5.74, 6) is 1.12. The Balaban J connectivity index is 1.63. The standard InChI is InChI=1S/C19H27BrN2O3/c1-14(2)21-19(24)15-9-11-22(12-10-15)18(23)4-3-13-25-17-7-5-16(20)6-8-17/h5-8,14-15H,3-4,9-13H2,1-2H3,(H,21,24). The van der Waals surface area contributed by atoms with Gasteiger partial charge in [0.25, 0.3) is 0 Å². The van der Waals surface area contributed by atoms with Gasteiger partial charge >= 0.3 is 0 Å². The molecule has 1 heterocycles. The first-order chi connectivity index (χ1) is 12.0. The second-order valence-electron chi connectivity index (χ2n) is 6.72. The molecule has 0 atom stereocenters. The quantitative estimate of drug-likeness (QED) is 0.700. The number of benzene rings is 1. The van der Waals surface area contributed by atoms with Gasteiger partial charge in [-0.3, -0.25) is 9.59 Å². The average Bonchev–Trinajstić information content (AvgIpc) is 2.59. The third kappa shape index (κ3) is 6.69. The highest BCUT2D eigenvalue weighted by Gasteiger charge is 2.27. The van der Waals surface area contributed by atoms with Crippen molar-refractivity contribution in [3.63, 3.8) is 0 Å². The Hall–Kier alpha value is -1.56. The summed E-state index contributed by atoms with van der Waals surface area (Å²) in [5.41, 5.74) is 0. The van der Waals surface area contributed by atoms with E-state index < -0.39 is 0 Å². The van der Waals surface area contributed by atoms with Gasteiger partial charge < -0.3 is 15.0 Å². The van der Waals surface area contributed by atoms with Crippen molar-refractivity contribution in [2.45, 2.75) is 45.6 Å². The van der Waals surface area contributed by atoms with Crippen LogP contribution in [-0.2, 0) is 9.59 Å². The number of nitrogens with one attached hydrogen (secondary N) is 1. The molecule has 2 amide bonds. The number of piperidine rings is 1. The van der Waals surface area contributed by atoms with Crippen molar-refractivity contribution in [2.24, 2.45) is 5.92 Å². The molecule has 1 aromatic rings. The fourth-order valence-electron chi connectivity index (χ4n) is 2.90. The van der Waals surface area contributed by atoms with Gasteiger partial charge in [0.1, 0.15) is 5.75 Å². The summed E-state index contributed by atoms with van der Waals surface area (Å²) >= 11 is 3.38. The van der Waals surface area contributed by atoms with Gasteiger partial charge in [-0.1, -0.05) is 15.9 Å². The number of hydrogen-bond acceptors (Lipinski definition) is 3. The predicted octanol–water partition coefficient (Wildman–Crippen LogP) is 3.37. The van der Waals surface area contributed by atoms with Gasteiger partial charge in [0.15, 0.2) is 0 Å². The lowest BCUT2D eigenvalue weighted by Gasteiger charge is -2.31. The van der Waals surface area contributed by atoms with Crippen LogP contribution in [0.5, 0.6) is 5.75 Å². The summed E-state index contributed by atoms with van der Waals surface area (Å²) in [4.78, 5) is 26.2. The molecule has 1 fully saturated rings. The monoisotopic (exact) mass is 410 g/mol. The summed E-state index contributed by atoms with van der Waals surface area (Å²) in [6, 6.07) is 7.83. The molecule has 0 saturated carbocycles. The molecule has 1 saturated heterocycles. The molecule has 0 aromatic heterocycles. The fourth-order valence-corrected chi connectivity index (χ4v) is 3.16. The summed E-state index contributed by atoms with van der Waals surface area (Å²) < 4.78 is 6.65. The zero-order chi connectivity index (χ0) is 18.2. The molecule has 0 unspecified atom stereocenters. The van der Waals surface area contributed by atoms with Crippen LogP contribution in [0.4, 0.5) is 0 Å². The zero-order valence-corrected chi connectivity index (χ0v) is 16.5. The first-order valence-corrected chi connectivity index (χ1v) is 9.71. The molecule has 1 aliphatic heterocycles. The predicted molar refractivity (Wildman–Crippen MR) is 101 cm³/mol. The maximum absolute atomic E-state index is 12.3. The molecule has 1 aliphatic rings. The maximum atomic E-state index is 12.3. The van der Waals surface area contributed by atoms with Crippen molar-refractivity contribution in [3.8, 4) is 5.75 Å². The Labute approximate surface area is 158 Å². The lowest BCUT2D eigenvalue weighted by molar-refractivity contribution is -0.136. The molecule has 0 spiro atoms. The minimum Gasteiger partial charge on any atom is -0.494 e.